The first-order chi connectivity index (χ1) is 14.3. The lowest BCUT2D eigenvalue weighted by Gasteiger charge is -2.45. The van der Waals surface area contributed by atoms with Crippen LogP contribution in [-0.2, 0) is 18.9 Å². The van der Waals surface area contributed by atoms with Crippen molar-refractivity contribution in [3.05, 3.63) is 0 Å². The third kappa shape index (κ3) is 6.55. The van der Waals surface area contributed by atoms with Crippen molar-refractivity contribution in [1.82, 2.24) is 0 Å². The lowest BCUT2D eigenvalue weighted by atomic mass is 9.97. The van der Waals surface area contributed by atoms with Gasteiger partial charge in [0.05, 0.1) is 12.7 Å². The summed E-state index contributed by atoms with van der Waals surface area (Å²) in [4.78, 5) is 0. The molecule has 6 N–H and O–H groups in total. The molecule has 0 aromatic carbocycles. The maximum Gasteiger partial charge on any atom is 0.187 e. The summed E-state index contributed by atoms with van der Waals surface area (Å²) in [6, 6.07) is 0. The SMILES string of the molecule is CCCCCCCCO[C@@H]1O[C@@H](C)[C@H](O[C@@H]2O[C@H](CO)[C@H](O)[C@H](O)[C@H]2O)[C@@H](O)[C@H]1O. The Morgan fingerprint density at radius 3 is 2.03 bits per heavy atom. The van der Waals surface area contributed by atoms with E-state index in [4.69, 9.17) is 18.9 Å². The molecule has 0 spiro atoms. The van der Waals surface area contributed by atoms with Crippen molar-refractivity contribution in [2.24, 2.45) is 0 Å². The summed E-state index contributed by atoms with van der Waals surface area (Å²) in [6.45, 7) is 3.57. The zero-order valence-electron chi connectivity index (χ0n) is 17.7. The van der Waals surface area contributed by atoms with E-state index in [1.165, 1.54) is 19.3 Å². The first kappa shape index (κ1) is 25.9. The van der Waals surface area contributed by atoms with Crippen molar-refractivity contribution in [2.75, 3.05) is 13.2 Å². The second-order valence-electron chi connectivity index (χ2n) is 8.13. The van der Waals surface area contributed by atoms with E-state index in [0.717, 1.165) is 19.3 Å². The minimum atomic E-state index is -1.61. The summed E-state index contributed by atoms with van der Waals surface area (Å²) in [5, 5.41) is 60.0. The highest BCUT2D eigenvalue weighted by Crippen LogP contribution is 2.29. The van der Waals surface area contributed by atoms with Crippen LogP contribution < -0.4 is 0 Å². The predicted molar refractivity (Wildman–Crippen MR) is 104 cm³/mol. The van der Waals surface area contributed by atoms with Gasteiger partial charge in [0.2, 0.25) is 0 Å². The van der Waals surface area contributed by atoms with Crippen LogP contribution >= 0.6 is 0 Å². The van der Waals surface area contributed by atoms with Crippen molar-refractivity contribution in [3.63, 3.8) is 0 Å². The molecule has 0 amide bonds. The normalized spacial score (nSPS) is 42.4. The van der Waals surface area contributed by atoms with Crippen molar-refractivity contribution in [1.29, 1.82) is 0 Å². The van der Waals surface area contributed by atoms with Gasteiger partial charge in [-0.1, -0.05) is 39.0 Å². The van der Waals surface area contributed by atoms with Crippen LogP contribution in [0.5, 0.6) is 0 Å². The summed E-state index contributed by atoms with van der Waals surface area (Å²) in [7, 11) is 0. The van der Waals surface area contributed by atoms with Crippen molar-refractivity contribution >= 4 is 0 Å². The van der Waals surface area contributed by atoms with Crippen molar-refractivity contribution in [3.8, 4) is 0 Å². The molecule has 0 unspecified atom stereocenters. The highest BCUT2D eigenvalue weighted by Gasteiger charge is 2.49. The average molecular weight is 439 g/mol. The third-order valence-corrected chi connectivity index (χ3v) is 5.70. The smallest absolute Gasteiger partial charge is 0.187 e. The molecule has 2 heterocycles. The van der Waals surface area contributed by atoms with Gasteiger partial charge in [0.1, 0.15) is 42.7 Å². The van der Waals surface area contributed by atoms with Gasteiger partial charge in [-0.3, -0.25) is 0 Å². The number of ether oxygens (including phenoxy) is 4. The fourth-order valence-corrected chi connectivity index (χ4v) is 3.75. The molecule has 10 heteroatoms. The number of hydrogen-bond donors (Lipinski definition) is 6. The van der Waals surface area contributed by atoms with Gasteiger partial charge in [0, 0.05) is 6.61 Å². The lowest BCUT2D eigenvalue weighted by molar-refractivity contribution is -0.355. The monoisotopic (exact) mass is 438 g/mol. The summed E-state index contributed by atoms with van der Waals surface area (Å²) in [5.41, 5.74) is 0. The van der Waals surface area contributed by atoms with Gasteiger partial charge in [-0.25, -0.2) is 0 Å². The average Bonchev–Trinajstić information content (AvgIpc) is 2.73. The van der Waals surface area contributed by atoms with E-state index in [9.17, 15) is 30.6 Å². The zero-order chi connectivity index (χ0) is 22.3. The molecule has 0 saturated carbocycles. The van der Waals surface area contributed by atoms with Crippen LogP contribution in [0.15, 0.2) is 0 Å². The second-order valence-corrected chi connectivity index (χ2v) is 8.13. The molecule has 0 radical (unpaired) electrons. The van der Waals surface area contributed by atoms with Gasteiger partial charge < -0.3 is 49.6 Å². The van der Waals surface area contributed by atoms with Crippen LogP contribution in [0, 0.1) is 0 Å². The minimum absolute atomic E-state index is 0.394. The molecule has 30 heavy (non-hydrogen) atoms. The van der Waals surface area contributed by atoms with E-state index in [-0.39, 0.29) is 0 Å². The minimum Gasteiger partial charge on any atom is -0.394 e. The van der Waals surface area contributed by atoms with E-state index in [1.807, 2.05) is 0 Å². The van der Waals surface area contributed by atoms with E-state index >= 15 is 0 Å². The number of unbranched alkanes of at least 4 members (excludes halogenated alkanes) is 5. The van der Waals surface area contributed by atoms with Crippen LogP contribution in [0.3, 0.4) is 0 Å². The fourth-order valence-electron chi connectivity index (χ4n) is 3.75. The van der Waals surface area contributed by atoms with Crippen LogP contribution in [0.4, 0.5) is 0 Å². The molecule has 2 saturated heterocycles. The van der Waals surface area contributed by atoms with Gasteiger partial charge in [-0.2, -0.15) is 0 Å². The Hall–Kier alpha value is -0.400. The predicted octanol–water partition coefficient (Wildman–Crippen LogP) is -0.985. The fraction of sp³-hybridized carbons (Fsp3) is 1.00. The molecule has 0 aromatic rings. The van der Waals surface area contributed by atoms with Crippen molar-refractivity contribution in [2.45, 2.75) is 114 Å². The number of aliphatic hydroxyl groups excluding tert-OH is 6. The summed E-state index contributed by atoms with van der Waals surface area (Å²) >= 11 is 0. The van der Waals surface area contributed by atoms with Gasteiger partial charge >= 0.3 is 0 Å². The molecule has 2 aliphatic rings. The van der Waals surface area contributed by atoms with Gasteiger partial charge in [0.25, 0.3) is 0 Å². The zero-order valence-corrected chi connectivity index (χ0v) is 17.7. The Balaban J connectivity index is 1.84. The van der Waals surface area contributed by atoms with Crippen molar-refractivity contribution < 1.29 is 49.6 Å². The summed E-state index contributed by atoms with van der Waals surface area (Å²) in [5.74, 6) is 0. The molecule has 10 atom stereocenters. The quantitative estimate of drug-likeness (QED) is 0.221. The summed E-state index contributed by atoms with van der Waals surface area (Å²) < 4.78 is 22.1. The molecule has 2 rings (SSSR count). The standard InChI is InChI=1S/C20H38O10/c1-3-4-5-6-7-8-9-27-19-17(26)15(24)18(11(2)28-19)30-20-16(25)14(23)13(22)12(10-21)29-20/h11-26H,3-10H2,1-2H3/t11-,12+,13-,14-,15-,16+,17+,18-,19+,20-/m0/s1. The Labute approximate surface area is 177 Å². The Bertz CT molecular complexity index is 479. The largest absolute Gasteiger partial charge is 0.394 e. The van der Waals surface area contributed by atoms with E-state index in [2.05, 4.69) is 6.92 Å². The summed E-state index contributed by atoms with van der Waals surface area (Å²) in [6.07, 6.45) is -6.33. The second kappa shape index (κ2) is 12.6. The van der Waals surface area contributed by atoms with Crippen LogP contribution in [-0.4, -0.2) is 105 Å². The highest BCUT2D eigenvalue weighted by molar-refractivity contribution is 4.93. The molecule has 178 valence electrons. The van der Waals surface area contributed by atoms with E-state index < -0.39 is 68.0 Å². The van der Waals surface area contributed by atoms with Crippen LogP contribution in [0.1, 0.15) is 52.4 Å². The third-order valence-electron chi connectivity index (χ3n) is 5.70. The Kier molecular flexibility index (Phi) is 10.9. The molecular formula is C20H38O10. The molecule has 0 aromatic heterocycles. The van der Waals surface area contributed by atoms with Crippen LogP contribution in [0.25, 0.3) is 0 Å². The van der Waals surface area contributed by atoms with Gasteiger partial charge in [-0.05, 0) is 13.3 Å². The van der Waals surface area contributed by atoms with Gasteiger partial charge in [-0.15, -0.1) is 0 Å². The Morgan fingerprint density at radius 1 is 0.733 bits per heavy atom. The maximum absolute atomic E-state index is 10.5. The van der Waals surface area contributed by atoms with Crippen LogP contribution in [0.2, 0.25) is 0 Å². The molecule has 0 bridgehead atoms. The molecular weight excluding hydrogens is 400 g/mol. The van der Waals surface area contributed by atoms with E-state index in [0.29, 0.717) is 6.61 Å². The number of rotatable bonds is 11. The molecule has 0 aliphatic carbocycles. The molecule has 10 nitrogen and oxygen atoms in total. The molecule has 2 aliphatic heterocycles. The maximum atomic E-state index is 10.5. The topological polar surface area (TPSA) is 158 Å². The lowest BCUT2D eigenvalue weighted by Crippen LogP contribution is -2.63. The van der Waals surface area contributed by atoms with Gasteiger partial charge in [0.15, 0.2) is 12.6 Å². The molecule has 2 fully saturated rings. The highest BCUT2D eigenvalue weighted by atomic mass is 16.7. The number of aliphatic hydroxyl groups is 6. The first-order valence-corrected chi connectivity index (χ1v) is 10.9. The Morgan fingerprint density at radius 2 is 1.37 bits per heavy atom. The van der Waals surface area contributed by atoms with E-state index in [1.54, 1.807) is 6.92 Å². The first-order valence-electron chi connectivity index (χ1n) is 10.9. The number of hydrogen-bond acceptors (Lipinski definition) is 10.